The Kier molecular flexibility index (Phi) is 18.2. The molecular weight excluding hydrogens is 699 g/mol. The first-order chi connectivity index (χ1) is 27.4. The predicted octanol–water partition coefficient (Wildman–Crippen LogP) is 12.4. The van der Waals surface area contributed by atoms with Gasteiger partial charge in [0.2, 0.25) is 0 Å². The van der Waals surface area contributed by atoms with Crippen molar-refractivity contribution >= 4 is 17.4 Å². The van der Waals surface area contributed by atoms with Crippen molar-refractivity contribution in [1.29, 1.82) is 0 Å². The zero-order valence-corrected chi connectivity index (χ0v) is 34.0. The number of carbonyl (C=O) groups is 1. The zero-order chi connectivity index (χ0) is 39.4. The molecule has 0 saturated carbocycles. The predicted molar refractivity (Wildman–Crippen MR) is 228 cm³/mol. The molecular formula is C48H65N3O5. The van der Waals surface area contributed by atoms with Crippen molar-refractivity contribution < 1.29 is 24.1 Å². The maximum Gasteiger partial charge on any atom is 0.323 e. The van der Waals surface area contributed by atoms with Crippen LogP contribution in [0, 0.1) is 5.92 Å². The molecule has 8 nitrogen and oxygen atoms in total. The van der Waals surface area contributed by atoms with E-state index in [-0.39, 0.29) is 30.8 Å². The molecule has 1 heterocycles. The SMILES string of the molecule is CCCCCCCCN(CCCCCCCC)CC1OC(c2ccc(NC(=O)Nc3ccc(Oc4ccccc4)cc3)cc2)OC(c2ccc(CO)cc2)C1C. The van der Waals surface area contributed by atoms with Gasteiger partial charge in [-0.3, -0.25) is 0 Å². The highest BCUT2D eigenvalue weighted by Gasteiger charge is 2.39. The summed E-state index contributed by atoms with van der Waals surface area (Å²) in [5, 5.41) is 15.5. The first-order valence-corrected chi connectivity index (χ1v) is 21.2. The van der Waals surface area contributed by atoms with Crippen molar-refractivity contribution in [2.75, 3.05) is 30.3 Å². The number of hydrogen-bond acceptors (Lipinski definition) is 6. The smallest absolute Gasteiger partial charge is 0.323 e. The number of aliphatic hydroxyl groups is 1. The quantitative estimate of drug-likeness (QED) is 0.0652. The van der Waals surface area contributed by atoms with Gasteiger partial charge in [-0.25, -0.2) is 4.79 Å². The van der Waals surface area contributed by atoms with E-state index in [1.54, 1.807) is 0 Å². The first-order valence-electron chi connectivity index (χ1n) is 21.2. The van der Waals surface area contributed by atoms with Gasteiger partial charge in [0.1, 0.15) is 11.5 Å². The summed E-state index contributed by atoms with van der Waals surface area (Å²) in [6.45, 7) is 9.83. The van der Waals surface area contributed by atoms with Crippen LogP contribution < -0.4 is 15.4 Å². The Bertz CT molecular complexity index is 1650. The topological polar surface area (TPSA) is 92.3 Å². The van der Waals surface area contributed by atoms with Crippen molar-refractivity contribution in [3.05, 3.63) is 120 Å². The lowest BCUT2D eigenvalue weighted by Gasteiger charge is -2.43. The molecule has 1 saturated heterocycles. The molecule has 1 fully saturated rings. The van der Waals surface area contributed by atoms with Gasteiger partial charge in [0, 0.05) is 29.4 Å². The molecule has 0 aromatic heterocycles. The monoisotopic (exact) mass is 763 g/mol. The minimum absolute atomic E-state index is 0.00989. The number of ether oxygens (including phenoxy) is 3. The maximum absolute atomic E-state index is 12.9. The highest BCUT2D eigenvalue weighted by atomic mass is 16.7. The summed E-state index contributed by atoms with van der Waals surface area (Å²) in [4.78, 5) is 15.6. The second kappa shape index (κ2) is 23.8. The normalized spacial score (nSPS) is 18.2. The number of unbranched alkanes of at least 4 members (excludes halogenated alkanes) is 10. The Hall–Kier alpha value is -4.21. The maximum atomic E-state index is 12.9. The molecule has 302 valence electrons. The van der Waals surface area contributed by atoms with Gasteiger partial charge in [0.15, 0.2) is 6.29 Å². The van der Waals surface area contributed by atoms with Crippen LogP contribution in [0.3, 0.4) is 0 Å². The Morgan fingerprint density at radius 1 is 0.643 bits per heavy atom. The van der Waals surface area contributed by atoms with Gasteiger partial charge < -0.3 is 34.9 Å². The van der Waals surface area contributed by atoms with Gasteiger partial charge in [0.25, 0.3) is 0 Å². The molecule has 4 unspecified atom stereocenters. The summed E-state index contributed by atoms with van der Waals surface area (Å²) in [6, 6.07) is 32.4. The van der Waals surface area contributed by atoms with Crippen LogP contribution in [-0.4, -0.2) is 41.8 Å². The Morgan fingerprint density at radius 2 is 1.16 bits per heavy atom. The number of benzene rings is 4. The summed E-state index contributed by atoms with van der Waals surface area (Å²) in [7, 11) is 0. The van der Waals surface area contributed by atoms with Gasteiger partial charge in [-0.15, -0.1) is 0 Å². The second-order valence-electron chi connectivity index (χ2n) is 15.3. The molecule has 0 spiro atoms. The molecule has 8 heteroatoms. The third-order valence-corrected chi connectivity index (χ3v) is 10.7. The summed E-state index contributed by atoms with van der Waals surface area (Å²) in [5.41, 5.74) is 4.19. The van der Waals surface area contributed by atoms with Crippen LogP contribution in [-0.2, 0) is 16.1 Å². The molecule has 56 heavy (non-hydrogen) atoms. The van der Waals surface area contributed by atoms with Crippen LogP contribution in [0.5, 0.6) is 11.5 Å². The third-order valence-electron chi connectivity index (χ3n) is 10.7. The van der Waals surface area contributed by atoms with E-state index in [0.717, 1.165) is 42.1 Å². The lowest BCUT2D eigenvalue weighted by Crippen LogP contribution is -2.45. The van der Waals surface area contributed by atoms with Crippen LogP contribution >= 0.6 is 0 Å². The minimum Gasteiger partial charge on any atom is -0.457 e. The standard InChI is InChI=1S/C48H65N3O5/c1-4-6-8-10-12-17-33-51(34-18-13-11-9-7-5-2)35-45-37(3)46(39-23-21-38(36-52)22-24-39)56-47(55-45)40-25-27-41(28-26-40)49-48(53)50-42-29-31-44(32-30-42)54-43-19-15-14-16-20-43/h14-16,19-32,37,45-47,52H,4-13,17-18,33-36H2,1-3H3,(H2,49,50,53). The van der Waals surface area contributed by atoms with E-state index in [1.165, 1.54) is 77.0 Å². The van der Waals surface area contributed by atoms with Crippen LogP contribution in [0.2, 0.25) is 0 Å². The average molecular weight is 764 g/mol. The molecule has 0 bridgehead atoms. The van der Waals surface area contributed by atoms with Gasteiger partial charge >= 0.3 is 6.03 Å². The number of carbonyl (C=O) groups excluding carboxylic acids is 1. The zero-order valence-electron chi connectivity index (χ0n) is 34.0. The van der Waals surface area contributed by atoms with E-state index in [4.69, 9.17) is 14.2 Å². The number of anilines is 2. The molecule has 0 aliphatic carbocycles. The van der Waals surface area contributed by atoms with Crippen LogP contribution in [0.1, 0.15) is 127 Å². The van der Waals surface area contributed by atoms with Gasteiger partial charge in [-0.1, -0.05) is 140 Å². The average Bonchev–Trinajstić information content (AvgIpc) is 3.22. The first kappa shape index (κ1) is 42.9. The van der Waals surface area contributed by atoms with Crippen LogP contribution in [0.4, 0.5) is 16.2 Å². The Morgan fingerprint density at radius 3 is 1.73 bits per heavy atom. The highest BCUT2D eigenvalue weighted by Crippen LogP contribution is 2.42. The summed E-state index contributed by atoms with van der Waals surface area (Å²) < 4.78 is 19.5. The molecule has 3 N–H and O–H groups in total. The van der Waals surface area contributed by atoms with E-state index in [1.807, 2.05) is 91.0 Å². The lowest BCUT2D eigenvalue weighted by atomic mass is 9.90. The summed E-state index contributed by atoms with van der Waals surface area (Å²) in [5.74, 6) is 1.56. The number of hydrogen-bond donors (Lipinski definition) is 3. The number of para-hydroxylation sites is 1. The number of rotatable bonds is 23. The van der Waals surface area contributed by atoms with E-state index < -0.39 is 6.29 Å². The van der Waals surface area contributed by atoms with Crippen molar-refractivity contribution in [2.24, 2.45) is 5.92 Å². The molecule has 2 amide bonds. The Balaban J connectivity index is 1.23. The fourth-order valence-corrected chi connectivity index (χ4v) is 7.36. The fraction of sp³-hybridized carbons (Fsp3) is 0.479. The van der Waals surface area contributed by atoms with Crippen molar-refractivity contribution in [3.63, 3.8) is 0 Å². The Labute approximate surface area is 336 Å². The van der Waals surface area contributed by atoms with E-state index in [2.05, 4.69) is 48.4 Å². The molecule has 4 aromatic rings. The number of nitrogens with zero attached hydrogens (tertiary/aromatic N) is 1. The van der Waals surface area contributed by atoms with Crippen molar-refractivity contribution in [3.8, 4) is 11.5 Å². The molecule has 0 radical (unpaired) electrons. The van der Waals surface area contributed by atoms with E-state index >= 15 is 0 Å². The van der Waals surface area contributed by atoms with Gasteiger partial charge in [-0.2, -0.15) is 0 Å². The molecule has 5 rings (SSSR count). The van der Waals surface area contributed by atoms with Gasteiger partial charge in [-0.05, 0) is 85.6 Å². The van der Waals surface area contributed by atoms with E-state index in [0.29, 0.717) is 17.1 Å². The number of aliphatic hydroxyl groups excluding tert-OH is 1. The van der Waals surface area contributed by atoms with Crippen molar-refractivity contribution in [1.82, 2.24) is 4.90 Å². The number of amides is 2. The lowest BCUT2D eigenvalue weighted by molar-refractivity contribution is -0.276. The molecule has 4 aromatic carbocycles. The van der Waals surface area contributed by atoms with Crippen molar-refractivity contribution in [2.45, 2.75) is 123 Å². The molecule has 4 atom stereocenters. The number of nitrogens with one attached hydrogen (secondary N) is 2. The third kappa shape index (κ3) is 14.1. The fourth-order valence-electron chi connectivity index (χ4n) is 7.36. The van der Waals surface area contributed by atoms with Gasteiger partial charge in [0.05, 0.1) is 18.8 Å². The summed E-state index contributed by atoms with van der Waals surface area (Å²) >= 11 is 0. The minimum atomic E-state index is -0.567. The number of urea groups is 1. The van der Waals surface area contributed by atoms with E-state index in [9.17, 15) is 9.90 Å². The summed E-state index contributed by atoms with van der Waals surface area (Å²) in [6.07, 6.45) is 14.6. The molecule has 1 aliphatic rings. The second-order valence-corrected chi connectivity index (χ2v) is 15.3. The van der Waals surface area contributed by atoms with Crippen LogP contribution in [0.15, 0.2) is 103 Å². The largest absolute Gasteiger partial charge is 0.457 e. The van der Waals surface area contributed by atoms with Crippen LogP contribution in [0.25, 0.3) is 0 Å². The highest BCUT2D eigenvalue weighted by molar-refractivity contribution is 5.99. The molecule has 1 aliphatic heterocycles.